The van der Waals surface area contributed by atoms with E-state index in [0.717, 1.165) is 11.1 Å². The molecule has 0 amide bonds. The van der Waals surface area contributed by atoms with Gasteiger partial charge in [-0.15, -0.1) is 0 Å². The molecule has 2 nitrogen and oxygen atoms in total. The van der Waals surface area contributed by atoms with Gasteiger partial charge in [0.15, 0.2) is 11.6 Å². The molecule has 0 unspecified atom stereocenters. The van der Waals surface area contributed by atoms with Crippen molar-refractivity contribution in [3.05, 3.63) is 76.2 Å². The monoisotopic (exact) mass is 303 g/mol. The molecule has 2 aromatic carbocycles. The molecule has 0 spiro atoms. The van der Waals surface area contributed by atoms with Crippen molar-refractivity contribution in [3.63, 3.8) is 0 Å². The first-order valence-corrected chi connectivity index (χ1v) is 6.85. The summed E-state index contributed by atoms with van der Waals surface area (Å²) in [4.78, 5) is 12.1. The predicted molar refractivity (Wildman–Crippen MR) is 84.4 cm³/mol. The van der Waals surface area contributed by atoms with Gasteiger partial charge in [-0.25, -0.2) is 4.39 Å². The zero-order chi connectivity index (χ0) is 15.4. The molecule has 0 aliphatic heterocycles. The number of anilines is 1. The number of hydrogen-bond donors (Lipinski definition) is 1. The molecule has 4 heteroatoms. The summed E-state index contributed by atoms with van der Waals surface area (Å²) in [6.07, 6.45) is 2.79. The van der Waals surface area contributed by atoms with Gasteiger partial charge in [0.1, 0.15) is 0 Å². The molecule has 0 aliphatic carbocycles. The van der Waals surface area contributed by atoms with Crippen LogP contribution in [0.3, 0.4) is 0 Å². The molecule has 1 N–H and O–H groups in total. The Hall–Kier alpha value is -2.13. The lowest BCUT2D eigenvalue weighted by Gasteiger charge is -2.05. The van der Waals surface area contributed by atoms with Gasteiger partial charge in [-0.05, 0) is 37.6 Å². The summed E-state index contributed by atoms with van der Waals surface area (Å²) in [6, 6.07) is 10.3. The van der Waals surface area contributed by atoms with Gasteiger partial charge in [-0.1, -0.05) is 35.4 Å². The molecule has 2 rings (SSSR count). The third-order valence-electron chi connectivity index (χ3n) is 3.08. The Morgan fingerprint density at radius 1 is 1.24 bits per heavy atom. The lowest BCUT2D eigenvalue weighted by atomic mass is 10.0. The van der Waals surface area contributed by atoms with Gasteiger partial charge in [-0.2, -0.15) is 0 Å². The Balaban J connectivity index is 2.12. The van der Waals surface area contributed by atoms with Crippen LogP contribution in [0, 0.1) is 19.7 Å². The molecule has 0 fully saturated rings. The number of carbonyl (C=O) groups is 1. The van der Waals surface area contributed by atoms with Crippen molar-refractivity contribution in [2.45, 2.75) is 13.8 Å². The van der Waals surface area contributed by atoms with E-state index in [4.69, 9.17) is 11.6 Å². The molecule has 0 atom stereocenters. The van der Waals surface area contributed by atoms with Crippen LogP contribution in [-0.4, -0.2) is 5.78 Å². The SMILES string of the molecule is Cc1ccc(C)c(C(=O)/C=C/Nc2cccc(Cl)c2F)c1. The zero-order valence-electron chi connectivity index (χ0n) is 11.8. The Kier molecular flexibility index (Phi) is 4.76. The van der Waals surface area contributed by atoms with Crippen molar-refractivity contribution in [2.75, 3.05) is 5.32 Å². The highest BCUT2D eigenvalue weighted by Gasteiger charge is 2.07. The maximum atomic E-state index is 13.7. The topological polar surface area (TPSA) is 29.1 Å². The van der Waals surface area contributed by atoms with E-state index < -0.39 is 5.82 Å². The highest BCUT2D eigenvalue weighted by atomic mass is 35.5. The van der Waals surface area contributed by atoms with Crippen molar-refractivity contribution in [2.24, 2.45) is 0 Å². The van der Waals surface area contributed by atoms with E-state index in [2.05, 4.69) is 5.32 Å². The van der Waals surface area contributed by atoms with E-state index in [1.165, 1.54) is 18.3 Å². The third kappa shape index (κ3) is 3.70. The maximum Gasteiger partial charge on any atom is 0.187 e. The van der Waals surface area contributed by atoms with Crippen molar-refractivity contribution < 1.29 is 9.18 Å². The molecule has 0 saturated carbocycles. The van der Waals surface area contributed by atoms with E-state index in [-0.39, 0.29) is 16.5 Å². The van der Waals surface area contributed by atoms with E-state index >= 15 is 0 Å². The molecule has 108 valence electrons. The van der Waals surface area contributed by atoms with E-state index in [1.54, 1.807) is 12.1 Å². The number of benzene rings is 2. The highest BCUT2D eigenvalue weighted by molar-refractivity contribution is 6.31. The molecule has 0 aliphatic rings. The van der Waals surface area contributed by atoms with Gasteiger partial charge in [0.05, 0.1) is 10.7 Å². The quantitative estimate of drug-likeness (QED) is 0.642. The minimum absolute atomic E-state index is 0.0363. The Labute approximate surface area is 128 Å². The number of rotatable bonds is 4. The van der Waals surface area contributed by atoms with Crippen LogP contribution in [0.4, 0.5) is 10.1 Å². The van der Waals surface area contributed by atoms with Crippen LogP contribution in [-0.2, 0) is 0 Å². The third-order valence-corrected chi connectivity index (χ3v) is 3.38. The number of halogens is 2. The summed E-state index contributed by atoms with van der Waals surface area (Å²) >= 11 is 5.68. The number of allylic oxidation sites excluding steroid dienone is 1. The van der Waals surface area contributed by atoms with Crippen molar-refractivity contribution >= 4 is 23.1 Å². The Morgan fingerprint density at radius 3 is 2.76 bits per heavy atom. The van der Waals surface area contributed by atoms with Crippen LogP contribution >= 0.6 is 11.6 Å². The summed E-state index contributed by atoms with van der Waals surface area (Å²) in [6.45, 7) is 3.81. The molecule has 0 saturated heterocycles. The minimum atomic E-state index is -0.539. The van der Waals surface area contributed by atoms with Crippen LogP contribution in [0.5, 0.6) is 0 Å². The number of hydrogen-bond acceptors (Lipinski definition) is 2. The second-order valence-corrected chi connectivity index (χ2v) is 5.17. The summed E-state index contributed by atoms with van der Waals surface area (Å²) in [5.74, 6) is -0.672. The second kappa shape index (κ2) is 6.55. The fraction of sp³-hybridized carbons (Fsp3) is 0.118. The number of ketones is 1. The van der Waals surface area contributed by atoms with E-state index in [1.807, 2.05) is 32.0 Å². The van der Waals surface area contributed by atoms with Crippen LogP contribution in [0.15, 0.2) is 48.7 Å². The molecule has 0 aromatic heterocycles. The molecule has 0 heterocycles. The van der Waals surface area contributed by atoms with Gasteiger partial charge < -0.3 is 5.32 Å². The molecule has 2 aromatic rings. The molecule has 0 radical (unpaired) electrons. The Bertz CT molecular complexity index is 710. The maximum absolute atomic E-state index is 13.7. The van der Waals surface area contributed by atoms with Crippen LogP contribution in [0.2, 0.25) is 5.02 Å². The van der Waals surface area contributed by atoms with Crippen molar-refractivity contribution in [1.29, 1.82) is 0 Å². The van der Waals surface area contributed by atoms with Crippen LogP contribution < -0.4 is 5.32 Å². The molecule has 21 heavy (non-hydrogen) atoms. The van der Waals surface area contributed by atoms with Crippen LogP contribution in [0.25, 0.3) is 0 Å². The normalized spacial score (nSPS) is 10.9. The van der Waals surface area contributed by atoms with Crippen molar-refractivity contribution in [3.8, 4) is 0 Å². The number of carbonyl (C=O) groups excluding carboxylic acids is 1. The highest BCUT2D eigenvalue weighted by Crippen LogP contribution is 2.22. The van der Waals surface area contributed by atoms with Gasteiger partial charge in [0.2, 0.25) is 0 Å². The van der Waals surface area contributed by atoms with Crippen molar-refractivity contribution in [1.82, 2.24) is 0 Å². The first-order valence-electron chi connectivity index (χ1n) is 6.47. The van der Waals surface area contributed by atoms with Gasteiger partial charge in [0, 0.05) is 17.8 Å². The average Bonchev–Trinajstić information content (AvgIpc) is 2.46. The fourth-order valence-corrected chi connectivity index (χ4v) is 2.09. The van der Waals surface area contributed by atoms with Gasteiger partial charge in [-0.3, -0.25) is 4.79 Å². The smallest absolute Gasteiger partial charge is 0.187 e. The average molecular weight is 304 g/mol. The number of nitrogens with one attached hydrogen (secondary N) is 1. The molecule has 0 bridgehead atoms. The standard InChI is InChI=1S/C17H15ClFNO/c1-11-6-7-12(2)13(10-11)16(21)8-9-20-15-5-3-4-14(18)17(15)19/h3-10,20H,1-2H3/b9-8+. The largest absolute Gasteiger partial charge is 0.359 e. The first kappa shape index (κ1) is 15.3. The predicted octanol–water partition coefficient (Wildman–Crippen LogP) is 4.90. The summed E-state index contributed by atoms with van der Waals surface area (Å²) < 4.78 is 13.7. The van der Waals surface area contributed by atoms with Crippen LogP contribution in [0.1, 0.15) is 21.5 Å². The lowest BCUT2D eigenvalue weighted by Crippen LogP contribution is -2.00. The van der Waals surface area contributed by atoms with E-state index in [0.29, 0.717) is 5.56 Å². The minimum Gasteiger partial charge on any atom is -0.359 e. The zero-order valence-corrected chi connectivity index (χ0v) is 12.5. The first-order chi connectivity index (χ1) is 9.99. The van der Waals surface area contributed by atoms with Gasteiger partial charge in [0.25, 0.3) is 0 Å². The summed E-state index contributed by atoms with van der Waals surface area (Å²) in [7, 11) is 0. The van der Waals surface area contributed by atoms with Gasteiger partial charge >= 0.3 is 0 Å². The summed E-state index contributed by atoms with van der Waals surface area (Å²) in [5.41, 5.74) is 2.79. The molecular formula is C17H15ClFNO. The number of aryl methyl sites for hydroxylation is 2. The van der Waals surface area contributed by atoms with E-state index in [9.17, 15) is 9.18 Å². The Morgan fingerprint density at radius 2 is 2.00 bits per heavy atom. The summed E-state index contributed by atoms with van der Waals surface area (Å²) in [5, 5.41) is 2.76. The fourth-order valence-electron chi connectivity index (χ4n) is 1.91. The molecular weight excluding hydrogens is 289 g/mol. The second-order valence-electron chi connectivity index (χ2n) is 4.76. The lowest BCUT2D eigenvalue weighted by molar-refractivity contribution is 0.104.